The Hall–Kier alpha value is -1.24. The van der Waals surface area contributed by atoms with Crippen LogP contribution in [0.4, 0.5) is 5.95 Å². The van der Waals surface area contributed by atoms with E-state index in [1.54, 1.807) is 0 Å². The fourth-order valence-electron chi connectivity index (χ4n) is 0.805. The molecule has 0 unspecified atom stereocenters. The summed E-state index contributed by atoms with van der Waals surface area (Å²) in [4.78, 5) is 14.6. The van der Waals surface area contributed by atoms with E-state index in [4.69, 9.17) is 5.73 Å². The first-order valence-corrected chi connectivity index (χ1v) is 5.08. The maximum absolute atomic E-state index is 10.7. The number of rotatable bonds is 5. The second-order valence-electron chi connectivity index (χ2n) is 2.53. The quantitative estimate of drug-likeness (QED) is 0.421. The Balaban J connectivity index is 2.13. The number of anilines is 1. The summed E-state index contributed by atoms with van der Waals surface area (Å²) in [5.74, 6) is 0.882. The minimum Gasteiger partial charge on any atom is -0.469 e. The fourth-order valence-corrected chi connectivity index (χ4v) is 1.55. The Morgan fingerprint density at radius 1 is 1.71 bits per heavy atom. The second-order valence-corrected chi connectivity index (χ2v) is 3.59. The van der Waals surface area contributed by atoms with Crippen LogP contribution in [-0.2, 0) is 9.53 Å². The van der Waals surface area contributed by atoms with Gasteiger partial charge in [0.25, 0.3) is 0 Å². The van der Waals surface area contributed by atoms with Crippen LogP contribution in [0.5, 0.6) is 0 Å². The van der Waals surface area contributed by atoms with Gasteiger partial charge in [-0.2, -0.15) is 4.98 Å². The van der Waals surface area contributed by atoms with Crippen LogP contribution in [-0.4, -0.2) is 34.0 Å². The summed E-state index contributed by atoms with van der Waals surface area (Å²) in [6, 6.07) is 0. The molecule has 0 fully saturated rings. The number of hydrogen-bond donors (Lipinski definition) is 2. The van der Waals surface area contributed by atoms with Crippen LogP contribution in [0.3, 0.4) is 0 Å². The summed E-state index contributed by atoms with van der Waals surface area (Å²) in [5.41, 5.74) is 5.34. The van der Waals surface area contributed by atoms with Crippen molar-refractivity contribution >= 4 is 23.7 Å². The zero-order valence-corrected chi connectivity index (χ0v) is 8.63. The number of carbonyl (C=O) groups is 1. The number of ether oxygens (including phenoxy) is 1. The maximum Gasteiger partial charge on any atom is 0.305 e. The largest absolute Gasteiger partial charge is 0.469 e. The van der Waals surface area contributed by atoms with Crippen molar-refractivity contribution in [1.82, 2.24) is 15.2 Å². The number of nitrogens with zero attached hydrogens (tertiary/aromatic N) is 2. The number of aromatic nitrogens is 3. The SMILES string of the molecule is COC(=O)CCCSc1n[nH]c(N)n1. The van der Waals surface area contributed by atoms with Crippen molar-refractivity contribution in [2.24, 2.45) is 0 Å². The van der Waals surface area contributed by atoms with Crippen LogP contribution in [0.2, 0.25) is 0 Å². The van der Waals surface area contributed by atoms with E-state index >= 15 is 0 Å². The van der Waals surface area contributed by atoms with E-state index in [1.165, 1.54) is 18.9 Å². The van der Waals surface area contributed by atoms with Crippen molar-refractivity contribution in [1.29, 1.82) is 0 Å². The summed E-state index contributed by atoms with van der Waals surface area (Å²) in [6.45, 7) is 0. The normalized spacial score (nSPS) is 10.1. The minimum atomic E-state index is -0.194. The van der Waals surface area contributed by atoms with Crippen molar-refractivity contribution in [3.63, 3.8) is 0 Å². The molecule has 0 aliphatic heterocycles. The molecule has 1 aromatic rings. The van der Waals surface area contributed by atoms with Gasteiger partial charge in [-0.25, -0.2) is 5.10 Å². The van der Waals surface area contributed by atoms with Gasteiger partial charge in [0.1, 0.15) is 0 Å². The highest BCUT2D eigenvalue weighted by atomic mass is 32.2. The van der Waals surface area contributed by atoms with Crippen molar-refractivity contribution in [2.75, 3.05) is 18.6 Å². The fraction of sp³-hybridized carbons (Fsp3) is 0.571. The first-order chi connectivity index (χ1) is 6.72. The van der Waals surface area contributed by atoms with Crippen molar-refractivity contribution in [3.8, 4) is 0 Å². The molecule has 7 heteroatoms. The number of nitrogens with one attached hydrogen (secondary N) is 1. The highest BCUT2D eigenvalue weighted by molar-refractivity contribution is 7.99. The van der Waals surface area contributed by atoms with E-state index in [0.717, 1.165) is 12.2 Å². The molecule has 0 aliphatic rings. The molecule has 1 aromatic heterocycles. The van der Waals surface area contributed by atoms with Gasteiger partial charge in [0.05, 0.1) is 7.11 Å². The highest BCUT2D eigenvalue weighted by Gasteiger charge is 2.03. The Bertz CT molecular complexity index is 302. The van der Waals surface area contributed by atoms with E-state index in [2.05, 4.69) is 19.9 Å². The molecular weight excluding hydrogens is 204 g/mol. The van der Waals surface area contributed by atoms with Crippen LogP contribution in [0.1, 0.15) is 12.8 Å². The third-order valence-corrected chi connectivity index (χ3v) is 2.40. The zero-order valence-electron chi connectivity index (χ0n) is 7.82. The molecule has 0 aliphatic carbocycles. The standard InChI is InChI=1S/C7H12N4O2S/c1-13-5(12)3-2-4-14-7-9-6(8)10-11-7/h2-4H2,1H3,(H3,8,9,10,11). The van der Waals surface area contributed by atoms with Crippen LogP contribution in [0.25, 0.3) is 0 Å². The van der Waals surface area contributed by atoms with Gasteiger partial charge >= 0.3 is 5.97 Å². The molecule has 0 aromatic carbocycles. The molecule has 1 heterocycles. The Morgan fingerprint density at radius 2 is 2.50 bits per heavy atom. The molecule has 0 saturated heterocycles. The summed E-state index contributed by atoms with van der Waals surface area (Å²) < 4.78 is 4.50. The van der Waals surface area contributed by atoms with E-state index < -0.39 is 0 Å². The molecule has 0 radical (unpaired) electrons. The number of carbonyl (C=O) groups excluding carboxylic acids is 1. The monoisotopic (exact) mass is 216 g/mol. The highest BCUT2D eigenvalue weighted by Crippen LogP contribution is 2.14. The Kier molecular flexibility index (Phi) is 4.24. The van der Waals surface area contributed by atoms with Crippen molar-refractivity contribution in [2.45, 2.75) is 18.0 Å². The third kappa shape index (κ3) is 3.65. The number of H-pyrrole nitrogens is 1. The summed E-state index contributed by atoms with van der Waals surface area (Å²) >= 11 is 1.45. The lowest BCUT2D eigenvalue weighted by Crippen LogP contribution is -2.00. The number of hydrogen-bond acceptors (Lipinski definition) is 6. The maximum atomic E-state index is 10.7. The summed E-state index contributed by atoms with van der Waals surface area (Å²) in [6.07, 6.45) is 1.16. The topological polar surface area (TPSA) is 93.9 Å². The number of thioether (sulfide) groups is 1. The lowest BCUT2D eigenvalue weighted by atomic mass is 10.3. The molecule has 0 saturated carbocycles. The van der Waals surface area contributed by atoms with Gasteiger partial charge in [0.2, 0.25) is 11.1 Å². The molecule has 0 spiro atoms. The average Bonchev–Trinajstić information content (AvgIpc) is 2.58. The first-order valence-electron chi connectivity index (χ1n) is 4.10. The molecule has 3 N–H and O–H groups in total. The van der Waals surface area contributed by atoms with E-state index in [1.807, 2.05) is 0 Å². The van der Waals surface area contributed by atoms with Gasteiger partial charge in [0.15, 0.2) is 0 Å². The molecule has 14 heavy (non-hydrogen) atoms. The minimum absolute atomic E-state index is 0.194. The number of nitrogen functional groups attached to an aromatic ring is 1. The van der Waals surface area contributed by atoms with E-state index in [-0.39, 0.29) is 5.97 Å². The third-order valence-electron chi connectivity index (χ3n) is 1.47. The van der Waals surface area contributed by atoms with Crippen LogP contribution < -0.4 is 5.73 Å². The van der Waals surface area contributed by atoms with Gasteiger partial charge in [-0.05, 0) is 6.42 Å². The number of aromatic amines is 1. The summed E-state index contributed by atoms with van der Waals surface area (Å²) in [5, 5.41) is 6.98. The van der Waals surface area contributed by atoms with Crippen molar-refractivity contribution in [3.05, 3.63) is 0 Å². The van der Waals surface area contributed by atoms with Gasteiger partial charge in [-0.1, -0.05) is 11.8 Å². The molecule has 0 atom stereocenters. The second kappa shape index (κ2) is 5.48. The smallest absolute Gasteiger partial charge is 0.305 e. The van der Waals surface area contributed by atoms with Gasteiger partial charge in [-0.15, -0.1) is 5.10 Å². The first kappa shape index (κ1) is 10.8. The summed E-state index contributed by atoms with van der Waals surface area (Å²) in [7, 11) is 1.38. The predicted molar refractivity (Wildman–Crippen MR) is 52.8 cm³/mol. The van der Waals surface area contributed by atoms with Gasteiger partial charge in [-0.3, -0.25) is 4.79 Å². The van der Waals surface area contributed by atoms with E-state index in [9.17, 15) is 4.79 Å². The molecule has 0 bridgehead atoms. The van der Waals surface area contributed by atoms with Crippen LogP contribution >= 0.6 is 11.8 Å². The average molecular weight is 216 g/mol. The molecule has 0 amide bonds. The van der Waals surface area contributed by atoms with Crippen molar-refractivity contribution < 1.29 is 9.53 Å². The molecule has 6 nitrogen and oxygen atoms in total. The lowest BCUT2D eigenvalue weighted by molar-refractivity contribution is -0.140. The van der Waals surface area contributed by atoms with Gasteiger partial charge < -0.3 is 10.5 Å². The van der Waals surface area contributed by atoms with Crippen LogP contribution in [0.15, 0.2) is 5.16 Å². The molecule has 78 valence electrons. The molecule has 1 rings (SSSR count). The zero-order chi connectivity index (χ0) is 10.4. The van der Waals surface area contributed by atoms with Gasteiger partial charge in [0, 0.05) is 12.2 Å². The molecular formula is C7H12N4O2S. The van der Waals surface area contributed by atoms with Crippen LogP contribution in [0, 0.1) is 0 Å². The number of esters is 1. The number of methoxy groups -OCH3 is 1. The lowest BCUT2D eigenvalue weighted by Gasteiger charge is -1.97. The Labute approximate surface area is 85.6 Å². The Morgan fingerprint density at radius 3 is 3.07 bits per heavy atom. The predicted octanol–water partition coefficient (Wildman–Crippen LogP) is 0.432. The number of nitrogens with two attached hydrogens (primary N) is 1. The van der Waals surface area contributed by atoms with E-state index in [0.29, 0.717) is 17.5 Å².